The van der Waals surface area contributed by atoms with Gasteiger partial charge in [-0.25, -0.2) is 15.0 Å². The monoisotopic (exact) mass is 461 g/mol. The summed E-state index contributed by atoms with van der Waals surface area (Å²) in [5.41, 5.74) is 1.75. The van der Waals surface area contributed by atoms with Crippen LogP contribution in [0.5, 0.6) is 5.75 Å². The Hall–Kier alpha value is -3.72. The molecular formula is C24H23N5O3S. The third kappa shape index (κ3) is 5.20. The molecule has 1 atom stereocenters. The van der Waals surface area contributed by atoms with E-state index < -0.39 is 5.25 Å². The summed E-state index contributed by atoms with van der Waals surface area (Å²) >= 11 is 1.24. The van der Waals surface area contributed by atoms with Gasteiger partial charge in [-0.1, -0.05) is 55.1 Å². The van der Waals surface area contributed by atoms with Gasteiger partial charge < -0.3 is 10.1 Å². The van der Waals surface area contributed by atoms with Crippen LogP contribution in [0.3, 0.4) is 0 Å². The molecule has 168 valence electrons. The summed E-state index contributed by atoms with van der Waals surface area (Å²) in [7, 11) is 1.58. The molecule has 0 aliphatic heterocycles. The lowest BCUT2D eigenvalue weighted by molar-refractivity contribution is -0.115. The normalized spacial score (nSPS) is 11.8. The third-order valence-electron chi connectivity index (χ3n) is 4.99. The first-order chi connectivity index (χ1) is 16.1. The third-order valence-corrected chi connectivity index (χ3v) is 6.35. The molecule has 0 radical (unpaired) electrons. The minimum Gasteiger partial charge on any atom is -0.497 e. The average Bonchev–Trinajstić information content (AvgIpc) is 2.85. The molecule has 0 bridgehead atoms. The maximum Gasteiger partial charge on any atom is 0.282 e. The first kappa shape index (κ1) is 22.5. The maximum atomic E-state index is 13.2. The summed E-state index contributed by atoms with van der Waals surface area (Å²) in [5.74, 6) is 0.468. The van der Waals surface area contributed by atoms with E-state index in [1.165, 1.54) is 24.2 Å². The Bertz CT molecular complexity index is 1330. The molecule has 8 nitrogen and oxygen atoms in total. The quantitative estimate of drug-likeness (QED) is 0.315. The van der Waals surface area contributed by atoms with Crippen molar-refractivity contribution in [2.75, 3.05) is 12.4 Å². The van der Waals surface area contributed by atoms with E-state index in [1.807, 2.05) is 49.4 Å². The maximum absolute atomic E-state index is 13.2. The largest absolute Gasteiger partial charge is 0.497 e. The predicted molar refractivity (Wildman–Crippen MR) is 129 cm³/mol. The van der Waals surface area contributed by atoms with Crippen LogP contribution in [0.1, 0.15) is 18.9 Å². The number of carbonyl (C=O) groups excluding carboxylic acids is 1. The minimum atomic E-state index is -0.473. The van der Waals surface area contributed by atoms with Crippen LogP contribution in [0.4, 0.5) is 5.69 Å². The van der Waals surface area contributed by atoms with E-state index >= 15 is 0 Å². The molecule has 2 aromatic carbocycles. The second-order valence-electron chi connectivity index (χ2n) is 7.24. The second-order valence-corrected chi connectivity index (χ2v) is 8.41. The zero-order valence-electron chi connectivity index (χ0n) is 18.3. The molecule has 33 heavy (non-hydrogen) atoms. The van der Waals surface area contributed by atoms with E-state index in [0.29, 0.717) is 29.6 Å². The molecule has 0 saturated heterocycles. The zero-order chi connectivity index (χ0) is 23.2. The number of hydrogen-bond acceptors (Lipinski definition) is 7. The van der Waals surface area contributed by atoms with Crippen molar-refractivity contribution in [1.29, 1.82) is 0 Å². The molecule has 4 rings (SSSR count). The highest BCUT2D eigenvalue weighted by Gasteiger charge is 2.23. The van der Waals surface area contributed by atoms with Gasteiger partial charge >= 0.3 is 0 Å². The molecular weight excluding hydrogens is 438 g/mol. The Morgan fingerprint density at radius 1 is 1.12 bits per heavy atom. The lowest BCUT2D eigenvalue weighted by atomic mass is 10.2. The molecule has 2 aromatic heterocycles. The molecule has 1 N–H and O–H groups in total. The van der Waals surface area contributed by atoms with Gasteiger partial charge in [-0.05, 0) is 24.1 Å². The number of nitrogens with zero attached hydrogens (tertiary/aromatic N) is 4. The van der Waals surface area contributed by atoms with Gasteiger partial charge in [0.1, 0.15) is 5.75 Å². The molecule has 0 fully saturated rings. The van der Waals surface area contributed by atoms with Gasteiger partial charge in [-0.2, -0.15) is 0 Å². The second kappa shape index (κ2) is 10.3. The number of hydrogen-bond donors (Lipinski definition) is 1. The molecule has 1 amide bonds. The van der Waals surface area contributed by atoms with Crippen molar-refractivity contribution in [2.24, 2.45) is 0 Å². The number of anilines is 1. The van der Waals surface area contributed by atoms with Crippen LogP contribution < -0.4 is 15.6 Å². The van der Waals surface area contributed by atoms with Crippen LogP contribution in [-0.4, -0.2) is 37.8 Å². The standard InChI is InChI=1S/C24H23N5O3S/c1-3-19(22(30)27-17-10-7-11-18(14-17)32-2)33-24-28-21-20(25-12-13-26-21)23(31)29(24)15-16-8-5-4-6-9-16/h4-14,19H,3,15H2,1-2H3,(H,27,30)/t19-/m1/s1. The Kier molecular flexibility index (Phi) is 6.99. The summed E-state index contributed by atoms with van der Waals surface area (Å²) in [6.07, 6.45) is 3.51. The lowest BCUT2D eigenvalue weighted by Crippen LogP contribution is -2.29. The molecule has 0 saturated carbocycles. The topological polar surface area (TPSA) is 99.0 Å². The summed E-state index contributed by atoms with van der Waals surface area (Å²) in [4.78, 5) is 39.3. The van der Waals surface area contributed by atoms with Crippen molar-refractivity contribution in [3.63, 3.8) is 0 Å². The van der Waals surface area contributed by atoms with Crippen molar-refractivity contribution >= 4 is 34.5 Å². The van der Waals surface area contributed by atoms with E-state index in [2.05, 4.69) is 20.3 Å². The van der Waals surface area contributed by atoms with Crippen molar-refractivity contribution in [2.45, 2.75) is 30.3 Å². The van der Waals surface area contributed by atoms with Crippen molar-refractivity contribution < 1.29 is 9.53 Å². The average molecular weight is 462 g/mol. The van der Waals surface area contributed by atoms with Crippen molar-refractivity contribution in [3.8, 4) is 5.75 Å². The highest BCUT2D eigenvalue weighted by Crippen LogP contribution is 2.26. The summed E-state index contributed by atoms with van der Waals surface area (Å²) in [6, 6.07) is 16.8. The van der Waals surface area contributed by atoms with E-state index in [-0.39, 0.29) is 22.6 Å². The van der Waals surface area contributed by atoms with Crippen LogP contribution in [-0.2, 0) is 11.3 Å². The smallest absolute Gasteiger partial charge is 0.282 e. The van der Waals surface area contributed by atoms with Gasteiger partial charge in [0, 0.05) is 24.1 Å². The number of fused-ring (bicyclic) bond motifs is 1. The number of benzene rings is 2. The van der Waals surface area contributed by atoms with Crippen LogP contribution in [0.2, 0.25) is 0 Å². The van der Waals surface area contributed by atoms with Crippen LogP contribution >= 0.6 is 11.8 Å². The van der Waals surface area contributed by atoms with Crippen molar-refractivity contribution in [3.05, 3.63) is 82.9 Å². The van der Waals surface area contributed by atoms with Gasteiger partial charge in [0.25, 0.3) is 5.56 Å². The molecule has 9 heteroatoms. The summed E-state index contributed by atoms with van der Waals surface area (Å²) in [5, 5.41) is 2.87. The molecule has 4 aromatic rings. The first-order valence-electron chi connectivity index (χ1n) is 10.5. The fraction of sp³-hybridized carbons (Fsp3) is 0.208. The number of nitrogens with one attached hydrogen (secondary N) is 1. The van der Waals surface area contributed by atoms with Gasteiger partial charge in [-0.3, -0.25) is 14.2 Å². The van der Waals surface area contributed by atoms with Crippen LogP contribution in [0.25, 0.3) is 11.2 Å². The number of rotatable bonds is 8. The van der Waals surface area contributed by atoms with E-state index in [4.69, 9.17) is 4.74 Å². The van der Waals surface area contributed by atoms with Gasteiger partial charge in [0.05, 0.1) is 18.9 Å². The zero-order valence-corrected chi connectivity index (χ0v) is 19.1. The minimum absolute atomic E-state index is 0.185. The summed E-state index contributed by atoms with van der Waals surface area (Å²) in [6.45, 7) is 2.23. The Balaban J connectivity index is 1.67. The van der Waals surface area contributed by atoms with Crippen molar-refractivity contribution in [1.82, 2.24) is 19.5 Å². The number of amides is 1. The molecule has 0 unspecified atom stereocenters. The molecule has 0 spiro atoms. The van der Waals surface area contributed by atoms with E-state index in [1.54, 1.807) is 23.8 Å². The number of aromatic nitrogens is 4. The molecule has 2 heterocycles. The Labute approximate surface area is 195 Å². The number of ether oxygens (including phenoxy) is 1. The fourth-order valence-electron chi connectivity index (χ4n) is 3.30. The van der Waals surface area contributed by atoms with Crippen LogP contribution in [0, 0.1) is 0 Å². The highest BCUT2D eigenvalue weighted by atomic mass is 32.2. The number of carbonyl (C=O) groups is 1. The number of methoxy groups -OCH3 is 1. The summed E-state index contributed by atoms with van der Waals surface area (Å²) < 4.78 is 6.78. The highest BCUT2D eigenvalue weighted by molar-refractivity contribution is 8.00. The number of thioether (sulfide) groups is 1. The molecule has 0 aliphatic carbocycles. The Morgan fingerprint density at radius 3 is 2.67 bits per heavy atom. The Morgan fingerprint density at radius 2 is 1.91 bits per heavy atom. The van der Waals surface area contributed by atoms with E-state index in [9.17, 15) is 9.59 Å². The van der Waals surface area contributed by atoms with Gasteiger partial charge in [-0.15, -0.1) is 0 Å². The predicted octanol–water partition coefficient (Wildman–Crippen LogP) is 3.75. The van der Waals surface area contributed by atoms with Crippen LogP contribution in [0.15, 0.2) is 76.9 Å². The fourth-order valence-corrected chi connectivity index (χ4v) is 4.30. The van der Waals surface area contributed by atoms with Gasteiger partial charge in [0.15, 0.2) is 16.3 Å². The SMILES string of the molecule is CC[C@@H](Sc1nc2nccnc2c(=O)n1Cc1ccccc1)C(=O)Nc1cccc(OC)c1. The van der Waals surface area contributed by atoms with E-state index in [0.717, 1.165) is 5.56 Å². The lowest BCUT2D eigenvalue weighted by Gasteiger charge is -2.18. The van der Waals surface area contributed by atoms with Gasteiger partial charge in [0.2, 0.25) is 5.91 Å². The molecule has 0 aliphatic rings. The first-order valence-corrected chi connectivity index (χ1v) is 11.3.